The third-order valence-electron chi connectivity index (χ3n) is 3.52. The largest absolute Gasteiger partial charge is 0.493 e. The molecule has 1 saturated carbocycles. The zero-order valence-electron chi connectivity index (χ0n) is 10.2. The van der Waals surface area contributed by atoms with Gasteiger partial charge in [-0.25, -0.2) is 4.39 Å². The second kappa shape index (κ2) is 4.50. The highest BCUT2D eigenvalue weighted by molar-refractivity contribution is 5.67. The van der Waals surface area contributed by atoms with Crippen LogP contribution in [0.5, 0.6) is 5.88 Å². The van der Waals surface area contributed by atoms with Crippen molar-refractivity contribution in [3.05, 3.63) is 46.3 Å². The summed E-state index contributed by atoms with van der Waals surface area (Å²) >= 11 is 0. The van der Waals surface area contributed by atoms with Crippen molar-refractivity contribution in [2.45, 2.75) is 25.2 Å². The van der Waals surface area contributed by atoms with Crippen LogP contribution in [0.4, 0.5) is 4.39 Å². The van der Waals surface area contributed by atoms with Crippen LogP contribution in [0, 0.1) is 5.82 Å². The van der Waals surface area contributed by atoms with Crippen LogP contribution in [0.15, 0.2) is 29.1 Å². The van der Waals surface area contributed by atoms with Crippen molar-refractivity contribution < 1.29 is 9.50 Å². The first kappa shape index (κ1) is 11.9. The Hall–Kier alpha value is -2.17. The van der Waals surface area contributed by atoms with E-state index in [1.54, 1.807) is 6.07 Å². The summed E-state index contributed by atoms with van der Waals surface area (Å²) in [4.78, 5) is 18.8. The van der Waals surface area contributed by atoms with Crippen LogP contribution < -0.4 is 5.56 Å². The Morgan fingerprint density at radius 3 is 2.74 bits per heavy atom. The number of halogens is 1. The molecule has 5 heteroatoms. The van der Waals surface area contributed by atoms with Gasteiger partial charge in [-0.3, -0.25) is 4.79 Å². The Morgan fingerprint density at radius 1 is 1.37 bits per heavy atom. The van der Waals surface area contributed by atoms with Gasteiger partial charge < -0.3 is 10.1 Å². The third-order valence-corrected chi connectivity index (χ3v) is 3.52. The predicted molar refractivity (Wildman–Crippen MR) is 68.5 cm³/mol. The number of benzene rings is 1. The summed E-state index contributed by atoms with van der Waals surface area (Å²) in [6.45, 7) is 0. The van der Waals surface area contributed by atoms with Gasteiger partial charge in [-0.2, -0.15) is 4.98 Å². The van der Waals surface area contributed by atoms with E-state index in [4.69, 9.17) is 0 Å². The van der Waals surface area contributed by atoms with E-state index in [1.165, 1.54) is 18.2 Å². The van der Waals surface area contributed by atoms with Gasteiger partial charge in [0.25, 0.3) is 5.56 Å². The molecule has 1 heterocycles. The van der Waals surface area contributed by atoms with E-state index in [0.717, 1.165) is 19.3 Å². The fraction of sp³-hybridized carbons (Fsp3) is 0.286. The molecule has 0 amide bonds. The lowest BCUT2D eigenvalue weighted by atomic mass is 9.85. The molecule has 0 atom stereocenters. The normalized spacial score (nSPS) is 15.2. The average Bonchev–Trinajstić information content (AvgIpc) is 2.25. The number of nitrogens with one attached hydrogen (secondary N) is 1. The van der Waals surface area contributed by atoms with Crippen molar-refractivity contribution in [1.29, 1.82) is 0 Å². The summed E-state index contributed by atoms with van der Waals surface area (Å²) in [5.41, 5.74) is -0.0889. The first-order valence-corrected chi connectivity index (χ1v) is 6.24. The highest BCUT2D eigenvalue weighted by Crippen LogP contribution is 2.35. The van der Waals surface area contributed by atoms with Crippen molar-refractivity contribution >= 4 is 0 Å². The molecule has 1 aliphatic carbocycles. The van der Waals surface area contributed by atoms with E-state index in [-0.39, 0.29) is 17.4 Å². The highest BCUT2D eigenvalue weighted by Gasteiger charge is 2.24. The van der Waals surface area contributed by atoms with E-state index in [0.29, 0.717) is 11.4 Å². The molecular weight excluding hydrogens is 247 g/mol. The summed E-state index contributed by atoms with van der Waals surface area (Å²) in [6, 6.07) is 5.54. The third kappa shape index (κ3) is 2.12. The van der Waals surface area contributed by atoms with Gasteiger partial charge >= 0.3 is 0 Å². The Kier molecular flexibility index (Phi) is 2.81. The van der Waals surface area contributed by atoms with Crippen LogP contribution in [0.3, 0.4) is 0 Å². The molecule has 98 valence electrons. The monoisotopic (exact) mass is 260 g/mol. The predicted octanol–water partition coefficient (Wildman–Crippen LogP) is 2.55. The fourth-order valence-electron chi connectivity index (χ4n) is 2.26. The molecule has 4 nitrogen and oxygen atoms in total. The summed E-state index contributed by atoms with van der Waals surface area (Å²) in [6.07, 6.45) is 3.06. The van der Waals surface area contributed by atoms with E-state index in [9.17, 15) is 14.3 Å². The van der Waals surface area contributed by atoms with Gasteiger partial charge in [-0.15, -0.1) is 0 Å². The molecule has 1 aromatic carbocycles. The molecule has 2 aromatic rings. The zero-order valence-corrected chi connectivity index (χ0v) is 10.2. The Balaban J connectivity index is 2.09. The Bertz CT molecular complexity index is 677. The summed E-state index contributed by atoms with van der Waals surface area (Å²) in [7, 11) is 0. The number of hydrogen-bond donors (Lipinski definition) is 2. The standard InChI is InChI=1S/C14H13FN2O2/c15-10-6-2-5-9(7-10)11-13(18)16-12(17-14(11)19)8-3-1-4-8/h2,5-8H,1,3-4H2,(H2,16,17,18,19). The molecule has 0 bridgehead atoms. The number of rotatable bonds is 2. The maximum Gasteiger partial charge on any atom is 0.262 e. The number of H-pyrrole nitrogens is 1. The highest BCUT2D eigenvalue weighted by atomic mass is 19.1. The minimum atomic E-state index is -0.459. The maximum absolute atomic E-state index is 13.2. The van der Waals surface area contributed by atoms with Crippen molar-refractivity contribution in [2.75, 3.05) is 0 Å². The molecule has 19 heavy (non-hydrogen) atoms. The van der Waals surface area contributed by atoms with Crippen LogP contribution >= 0.6 is 0 Å². The van der Waals surface area contributed by atoms with Crippen LogP contribution in [0.25, 0.3) is 11.1 Å². The quantitative estimate of drug-likeness (QED) is 0.872. The van der Waals surface area contributed by atoms with E-state index in [1.807, 2.05) is 0 Å². The average molecular weight is 260 g/mol. The second-order valence-electron chi connectivity index (χ2n) is 4.79. The van der Waals surface area contributed by atoms with Crippen molar-refractivity contribution in [1.82, 2.24) is 9.97 Å². The van der Waals surface area contributed by atoms with E-state index in [2.05, 4.69) is 9.97 Å². The van der Waals surface area contributed by atoms with E-state index < -0.39 is 11.4 Å². The molecule has 1 aliphatic rings. The van der Waals surface area contributed by atoms with Gasteiger partial charge in [0, 0.05) is 5.92 Å². The van der Waals surface area contributed by atoms with Gasteiger partial charge in [0.05, 0.1) is 0 Å². The van der Waals surface area contributed by atoms with Crippen molar-refractivity contribution in [3.63, 3.8) is 0 Å². The van der Waals surface area contributed by atoms with Crippen molar-refractivity contribution in [3.8, 4) is 17.0 Å². The smallest absolute Gasteiger partial charge is 0.262 e. The SMILES string of the molecule is O=c1[nH]c(C2CCC2)nc(O)c1-c1cccc(F)c1. The van der Waals surface area contributed by atoms with Gasteiger partial charge in [-0.05, 0) is 30.5 Å². The minimum absolute atomic E-state index is 0.0163. The molecule has 0 saturated heterocycles. The fourth-order valence-corrected chi connectivity index (χ4v) is 2.26. The molecule has 2 N–H and O–H groups in total. The van der Waals surface area contributed by atoms with Gasteiger partial charge in [0.1, 0.15) is 17.2 Å². The summed E-state index contributed by atoms with van der Waals surface area (Å²) in [5, 5.41) is 9.93. The summed E-state index contributed by atoms with van der Waals surface area (Å²) in [5.74, 6) is -0.0512. The molecule has 1 fully saturated rings. The first-order chi connectivity index (χ1) is 9.15. The van der Waals surface area contributed by atoms with Crippen LogP contribution in [0.1, 0.15) is 31.0 Å². The second-order valence-corrected chi connectivity index (χ2v) is 4.79. The number of nitrogens with zero attached hydrogens (tertiary/aromatic N) is 1. The number of aromatic nitrogens is 2. The maximum atomic E-state index is 13.2. The lowest BCUT2D eigenvalue weighted by Gasteiger charge is -2.24. The molecule has 1 aromatic heterocycles. The lowest BCUT2D eigenvalue weighted by Crippen LogP contribution is -2.20. The zero-order chi connectivity index (χ0) is 13.4. The van der Waals surface area contributed by atoms with E-state index >= 15 is 0 Å². The number of aromatic amines is 1. The van der Waals surface area contributed by atoms with Crippen LogP contribution in [-0.2, 0) is 0 Å². The summed E-state index contributed by atoms with van der Waals surface area (Å²) < 4.78 is 13.2. The van der Waals surface area contributed by atoms with Crippen LogP contribution in [0.2, 0.25) is 0 Å². The molecule has 0 aliphatic heterocycles. The first-order valence-electron chi connectivity index (χ1n) is 6.24. The van der Waals surface area contributed by atoms with Crippen LogP contribution in [-0.4, -0.2) is 15.1 Å². The topological polar surface area (TPSA) is 66.0 Å². The molecule has 0 radical (unpaired) electrons. The lowest BCUT2D eigenvalue weighted by molar-refractivity contribution is 0.387. The molecular formula is C14H13FN2O2. The Morgan fingerprint density at radius 2 is 2.16 bits per heavy atom. The number of hydrogen-bond acceptors (Lipinski definition) is 3. The Labute approximate surface area is 109 Å². The molecule has 3 rings (SSSR count). The number of aromatic hydroxyl groups is 1. The molecule has 0 unspecified atom stereocenters. The van der Waals surface area contributed by atoms with Gasteiger partial charge in [0.2, 0.25) is 5.88 Å². The molecule has 0 spiro atoms. The van der Waals surface area contributed by atoms with Gasteiger partial charge in [0.15, 0.2) is 0 Å². The minimum Gasteiger partial charge on any atom is -0.493 e. The van der Waals surface area contributed by atoms with Gasteiger partial charge in [-0.1, -0.05) is 18.6 Å². The van der Waals surface area contributed by atoms with Crippen molar-refractivity contribution in [2.24, 2.45) is 0 Å².